The van der Waals surface area contributed by atoms with E-state index in [0.717, 1.165) is 25.3 Å². The van der Waals surface area contributed by atoms with Crippen LogP contribution in [0.3, 0.4) is 0 Å². The van der Waals surface area contributed by atoms with E-state index in [-0.39, 0.29) is 5.57 Å². The Bertz CT molecular complexity index is 238. The van der Waals surface area contributed by atoms with Crippen molar-refractivity contribution in [2.45, 2.75) is 45.4 Å². The molecule has 0 spiro atoms. The first-order chi connectivity index (χ1) is 6.72. The van der Waals surface area contributed by atoms with E-state index in [0.29, 0.717) is 6.42 Å². The van der Waals surface area contributed by atoms with Gasteiger partial charge in [-0.3, -0.25) is 0 Å². The van der Waals surface area contributed by atoms with Gasteiger partial charge in [0, 0.05) is 6.08 Å². The topological polar surface area (TPSA) is 63.9 Å². The second kappa shape index (κ2) is 8.31. The molecule has 0 unspecified atom stereocenters. The number of rotatable bonds is 7. The molecule has 14 heavy (non-hydrogen) atoms. The molecule has 0 aliphatic heterocycles. The zero-order valence-corrected chi connectivity index (χ0v) is 8.58. The lowest BCUT2D eigenvalue weighted by Crippen LogP contribution is -2.24. The first-order valence-electron chi connectivity index (χ1n) is 5.02. The van der Waals surface area contributed by atoms with Crippen LogP contribution in [0.25, 0.3) is 0 Å². The van der Waals surface area contributed by atoms with Crippen LogP contribution in [0.1, 0.15) is 45.4 Å². The normalized spacial score (nSPS) is 11.0. The standard InChI is InChI=1S/C11H17NO2/c1-2-3-4-5-6-7-10(8-9-12)11(13)14/h8H,2-7H2,1H3,(H,13,14)/p-1/b10-8-. The van der Waals surface area contributed by atoms with E-state index in [9.17, 15) is 9.90 Å². The summed E-state index contributed by atoms with van der Waals surface area (Å²) < 4.78 is 0. The van der Waals surface area contributed by atoms with Gasteiger partial charge >= 0.3 is 0 Å². The summed E-state index contributed by atoms with van der Waals surface area (Å²) in [6.45, 7) is 2.13. The molecule has 0 saturated heterocycles. The smallest absolute Gasteiger partial charge is 0.0915 e. The molecule has 0 rings (SSSR count). The molecule has 0 aromatic carbocycles. The fourth-order valence-electron chi connectivity index (χ4n) is 1.23. The van der Waals surface area contributed by atoms with Crippen LogP contribution >= 0.6 is 0 Å². The van der Waals surface area contributed by atoms with Crippen LogP contribution in [-0.2, 0) is 4.79 Å². The zero-order chi connectivity index (χ0) is 10.8. The van der Waals surface area contributed by atoms with Gasteiger partial charge in [-0.05, 0) is 18.4 Å². The summed E-state index contributed by atoms with van der Waals surface area (Å²) >= 11 is 0. The van der Waals surface area contributed by atoms with Crippen LogP contribution in [0.5, 0.6) is 0 Å². The molecule has 0 N–H and O–H groups in total. The Hall–Kier alpha value is -1.30. The molecule has 0 aromatic heterocycles. The van der Waals surface area contributed by atoms with Gasteiger partial charge in [0.2, 0.25) is 0 Å². The van der Waals surface area contributed by atoms with Gasteiger partial charge < -0.3 is 9.90 Å². The van der Waals surface area contributed by atoms with Crippen molar-refractivity contribution in [1.29, 1.82) is 5.26 Å². The number of aliphatic carboxylic acids is 1. The number of nitriles is 1. The molecule has 3 heteroatoms. The maximum Gasteiger partial charge on any atom is 0.0915 e. The highest BCUT2D eigenvalue weighted by Crippen LogP contribution is 2.10. The minimum atomic E-state index is -1.22. The number of carbonyl (C=O) groups excluding carboxylic acids is 1. The molecule has 78 valence electrons. The minimum Gasteiger partial charge on any atom is -0.545 e. The summed E-state index contributed by atoms with van der Waals surface area (Å²) in [5, 5.41) is 18.8. The molecular formula is C11H16NO2-. The van der Waals surface area contributed by atoms with Gasteiger partial charge in [-0.2, -0.15) is 5.26 Å². The average Bonchev–Trinajstić information content (AvgIpc) is 2.15. The lowest BCUT2D eigenvalue weighted by molar-refractivity contribution is -0.299. The second-order valence-corrected chi connectivity index (χ2v) is 3.25. The largest absolute Gasteiger partial charge is 0.545 e. The second-order valence-electron chi connectivity index (χ2n) is 3.25. The van der Waals surface area contributed by atoms with Gasteiger partial charge in [0.05, 0.1) is 12.0 Å². The van der Waals surface area contributed by atoms with Gasteiger partial charge in [0.25, 0.3) is 0 Å². The number of carbonyl (C=O) groups is 1. The third-order valence-corrected chi connectivity index (χ3v) is 2.05. The summed E-state index contributed by atoms with van der Waals surface area (Å²) in [6, 6.07) is 1.72. The third kappa shape index (κ3) is 6.24. The summed E-state index contributed by atoms with van der Waals surface area (Å²) in [5.41, 5.74) is 0.115. The van der Waals surface area contributed by atoms with Crippen LogP contribution in [0.4, 0.5) is 0 Å². The lowest BCUT2D eigenvalue weighted by Gasteiger charge is -2.06. The summed E-state index contributed by atoms with van der Waals surface area (Å²) in [4.78, 5) is 10.5. The van der Waals surface area contributed by atoms with E-state index in [4.69, 9.17) is 5.26 Å². The van der Waals surface area contributed by atoms with Gasteiger partial charge in [0.1, 0.15) is 0 Å². The fourth-order valence-corrected chi connectivity index (χ4v) is 1.23. The highest BCUT2D eigenvalue weighted by molar-refractivity contribution is 5.85. The summed E-state index contributed by atoms with van der Waals surface area (Å²) in [5.74, 6) is -1.22. The summed E-state index contributed by atoms with van der Waals surface area (Å²) in [6.07, 6.45) is 6.83. The molecule has 0 atom stereocenters. The summed E-state index contributed by atoms with van der Waals surface area (Å²) in [7, 11) is 0. The highest BCUT2D eigenvalue weighted by Gasteiger charge is 1.98. The van der Waals surface area contributed by atoms with Crippen molar-refractivity contribution in [2.75, 3.05) is 0 Å². The monoisotopic (exact) mass is 194 g/mol. The van der Waals surface area contributed by atoms with Crippen molar-refractivity contribution in [3.63, 3.8) is 0 Å². The Morgan fingerprint density at radius 2 is 2.00 bits per heavy atom. The van der Waals surface area contributed by atoms with Crippen molar-refractivity contribution in [1.82, 2.24) is 0 Å². The minimum absolute atomic E-state index is 0.115. The van der Waals surface area contributed by atoms with E-state index in [1.165, 1.54) is 12.8 Å². The van der Waals surface area contributed by atoms with Crippen molar-refractivity contribution in [2.24, 2.45) is 0 Å². The predicted molar refractivity (Wildman–Crippen MR) is 52.1 cm³/mol. The molecule has 0 aromatic rings. The lowest BCUT2D eigenvalue weighted by atomic mass is 10.1. The van der Waals surface area contributed by atoms with Crippen LogP contribution < -0.4 is 5.11 Å². The SMILES string of the molecule is CCCCCCC/C(=C/C#N)C(=O)[O-]. The van der Waals surface area contributed by atoms with Crippen molar-refractivity contribution < 1.29 is 9.90 Å². The molecule has 0 radical (unpaired) electrons. The van der Waals surface area contributed by atoms with Crippen LogP contribution in [-0.4, -0.2) is 5.97 Å². The number of hydrogen-bond donors (Lipinski definition) is 0. The number of carboxylic acids is 1. The number of unbranched alkanes of at least 4 members (excludes halogenated alkanes) is 4. The van der Waals surface area contributed by atoms with Gasteiger partial charge in [0.15, 0.2) is 0 Å². The van der Waals surface area contributed by atoms with E-state index >= 15 is 0 Å². The third-order valence-electron chi connectivity index (χ3n) is 2.05. The molecule has 0 heterocycles. The van der Waals surface area contributed by atoms with E-state index in [1.807, 2.05) is 0 Å². The Morgan fingerprint density at radius 1 is 1.36 bits per heavy atom. The van der Waals surface area contributed by atoms with E-state index in [1.54, 1.807) is 6.07 Å². The van der Waals surface area contributed by atoms with Gasteiger partial charge in [-0.1, -0.05) is 32.6 Å². The fraction of sp³-hybridized carbons (Fsp3) is 0.636. The van der Waals surface area contributed by atoms with Crippen molar-refractivity contribution in [3.8, 4) is 6.07 Å². The van der Waals surface area contributed by atoms with Crippen molar-refractivity contribution in [3.05, 3.63) is 11.6 Å². The molecule has 3 nitrogen and oxygen atoms in total. The highest BCUT2D eigenvalue weighted by atomic mass is 16.4. The number of nitrogens with zero attached hydrogens (tertiary/aromatic N) is 1. The van der Waals surface area contributed by atoms with Crippen molar-refractivity contribution >= 4 is 5.97 Å². The maximum atomic E-state index is 10.5. The number of hydrogen-bond acceptors (Lipinski definition) is 3. The Kier molecular flexibility index (Phi) is 7.53. The Morgan fingerprint density at radius 3 is 2.50 bits per heavy atom. The first-order valence-corrected chi connectivity index (χ1v) is 5.02. The Labute approximate surface area is 85.0 Å². The molecule has 0 aliphatic rings. The number of allylic oxidation sites excluding steroid dienone is 1. The maximum absolute atomic E-state index is 10.5. The molecule has 0 saturated carbocycles. The van der Waals surface area contributed by atoms with Crippen LogP contribution in [0, 0.1) is 11.3 Å². The average molecular weight is 194 g/mol. The Balaban J connectivity index is 3.69. The first kappa shape index (κ1) is 12.7. The molecular weight excluding hydrogens is 178 g/mol. The van der Waals surface area contributed by atoms with Crippen LogP contribution in [0.2, 0.25) is 0 Å². The molecule has 0 bridgehead atoms. The molecule has 0 amide bonds. The molecule has 0 aliphatic carbocycles. The zero-order valence-electron chi connectivity index (χ0n) is 8.58. The van der Waals surface area contributed by atoms with Gasteiger partial charge in [-0.25, -0.2) is 0 Å². The quantitative estimate of drug-likeness (QED) is 0.351. The van der Waals surface area contributed by atoms with Gasteiger partial charge in [-0.15, -0.1) is 0 Å². The van der Waals surface area contributed by atoms with Crippen LogP contribution in [0.15, 0.2) is 11.6 Å². The predicted octanol–water partition coefficient (Wildman–Crippen LogP) is 1.55. The van der Waals surface area contributed by atoms with E-state index < -0.39 is 5.97 Å². The van der Waals surface area contributed by atoms with E-state index in [2.05, 4.69) is 6.92 Å². The molecule has 0 fully saturated rings. The number of carboxylic acid groups (broad SMARTS) is 1.